The summed E-state index contributed by atoms with van der Waals surface area (Å²) in [5.74, 6) is -0.237. The number of nitrogens with one attached hydrogen (secondary N) is 1. The van der Waals surface area contributed by atoms with Crippen LogP contribution < -0.4 is 10.1 Å². The Morgan fingerprint density at radius 2 is 1.85 bits per heavy atom. The van der Waals surface area contributed by atoms with E-state index in [4.69, 9.17) is 0 Å². The van der Waals surface area contributed by atoms with Crippen molar-refractivity contribution in [2.45, 2.75) is 45.2 Å². The van der Waals surface area contributed by atoms with Gasteiger partial charge in [-0.1, -0.05) is 25.5 Å². The molecular weight excluding hydrogens is 271 g/mol. The first-order valence-electron chi connectivity index (χ1n) is 6.59. The summed E-state index contributed by atoms with van der Waals surface area (Å²) in [7, 11) is 0. The second-order valence-electron chi connectivity index (χ2n) is 4.69. The zero-order valence-electron chi connectivity index (χ0n) is 11.6. The van der Waals surface area contributed by atoms with E-state index in [1.807, 2.05) is 13.8 Å². The largest absolute Gasteiger partial charge is 0.573 e. The molecule has 1 aromatic carbocycles. The summed E-state index contributed by atoms with van der Waals surface area (Å²) in [5.41, 5.74) is 0.836. The third-order valence-electron chi connectivity index (χ3n) is 2.90. The maximum absolute atomic E-state index is 12.0. The van der Waals surface area contributed by atoms with Crippen molar-refractivity contribution in [3.05, 3.63) is 29.8 Å². The van der Waals surface area contributed by atoms with E-state index in [1.54, 1.807) is 12.1 Å². The van der Waals surface area contributed by atoms with E-state index in [0.717, 1.165) is 18.4 Å². The van der Waals surface area contributed by atoms with Crippen LogP contribution in [0.25, 0.3) is 0 Å². The SMILES string of the molecule is CCCC(O)CNC(C)c1ccc(OC(F)(F)F)cc1. The molecule has 0 aromatic heterocycles. The smallest absolute Gasteiger partial charge is 0.406 e. The van der Waals surface area contributed by atoms with Crippen molar-refractivity contribution in [1.82, 2.24) is 5.32 Å². The fraction of sp³-hybridized carbons (Fsp3) is 0.571. The molecule has 20 heavy (non-hydrogen) atoms. The maximum atomic E-state index is 12.0. The fourth-order valence-corrected chi connectivity index (χ4v) is 1.82. The molecule has 0 radical (unpaired) electrons. The summed E-state index contributed by atoms with van der Waals surface area (Å²) in [6.07, 6.45) is -3.45. The maximum Gasteiger partial charge on any atom is 0.573 e. The summed E-state index contributed by atoms with van der Waals surface area (Å²) in [5, 5.41) is 12.7. The van der Waals surface area contributed by atoms with Crippen LogP contribution in [0.2, 0.25) is 0 Å². The van der Waals surface area contributed by atoms with E-state index in [1.165, 1.54) is 12.1 Å². The summed E-state index contributed by atoms with van der Waals surface area (Å²) < 4.78 is 39.9. The molecule has 0 saturated heterocycles. The van der Waals surface area contributed by atoms with Crippen molar-refractivity contribution in [3.63, 3.8) is 0 Å². The van der Waals surface area contributed by atoms with E-state index in [9.17, 15) is 18.3 Å². The van der Waals surface area contributed by atoms with Gasteiger partial charge in [-0.2, -0.15) is 0 Å². The Hall–Kier alpha value is -1.27. The molecule has 0 fully saturated rings. The fourth-order valence-electron chi connectivity index (χ4n) is 1.82. The monoisotopic (exact) mass is 291 g/mol. The molecule has 3 nitrogen and oxygen atoms in total. The van der Waals surface area contributed by atoms with Gasteiger partial charge in [0, 0.05) is 12.6 Å². The molecule has 0 aliphatic heterocycles. The van der Waals surface area contributed by atoms with Gasteiger partial charge in [-0.15, -0.1) is 13.2 Å². The van der Waals surface area contributed by atoms with Gasteiger partial charge in [0.05, 0.1) is 6.10 Å². The predicted octanol–water partition coefficient (Wildman–Crippen LogP) is 3.40. The molecule has 1 aromatic rings. The molecule has 2 unspecified atom stereocenters. The Bertz CT molecular complexity index is 392. The predicted molar refractivity (Wildman–Crippen MR) is 70.5 cm³/mol. The topological polar surface area (TPSA) is 41.5 Å². The van der Waals surface area contributed by atoms with E-state index < -0.39 is 12.5 Å². The third kappa shape index (κ3) is 6.25. The van der Waals surface area contributed by atoms with Crippen LogP contribution in [0.1, 0.15) is 38.3 Å². The van der Waals surface area contributed by atoms with Gasteiger partial charge in [0.15, 0.2) is 0 Å². The lowest BCUT2D eigenvalue weighted by Crippen LogP contribution is -2.28. The van der Waals surface area contributed by atoms with Crippen LogP contribution in [0, 0.1) is 0 Å². The molecule has 2 atom stereocenters. The van der Waals surface area contributed by atoms with Crippen LogP contribution in [-0.4, -0.2) is 24.1 Å². The molecule has 0 amide bonds. The van der Waals surface area contributed by atoms with Crippen LogP contribution in [0.15, 0.2) is 24.3 Å². The Morgan fingerprint density at radius 1 is 1.25 bits per heavy atom. The summed E-state index contributed by atoms with van der Waals surface area (Å²) in [4.78, 5) is 0. The van der Waals surface area contributed by atoms with Gasteiger partial charge in [-0.25, -0.2) is 0 Å². The van der Waals surface area contributed by atoms with Crippen molar-refractivity contribution in [1.29, 1.82) is 0 Å². The van der Waals surface area contributed by atoms with Crippen molar-refractivity contribution in [3.8, 4) is 5.75 Å². The average molecular weight is 291 g/mol. The lowest BCUT2D eigenvalue weighted by Gasteiger charge is -2.17. The molecule has 2 N–H and O–H groups in total. The van der Waals surface area contributed by atoms with Crippen LogP contribution in [0.3, 0.4) is 0 Å². The summed E-state index contributed by atoms with van der Waals surface area (Å²) >= 11 is 0. The van der Waals surface area contributed by atoms with Gasteiger partial charge in [-0.05, 0) is 31.0 Å². The van der Waals surface area contributed by atoms with Crippen molar-refractivity contribution in [2.24, 2.45) is 0 Å². The first-order chi connectivity index (χ1) is 9.31. The zero-order valence-corrected chi connectivity index (χ0v) is 11.6. The number of benzene rings is 1. The molecule has 6 heteroatoms. The Morgan fingerprint density at radius 3 is 2.35 bits per heavy atom. The summed E-state index contributed by atoms with van der Waals surface area (Å²) in [6, 6.07) is 5.66. The number of ether oxygens (including phenoxy) is 1. The van der Waals surface area contributed by atoms with Gasteiger partial charge in [0.2, 0.25) is 0 Å². The van der Waals surface area contributed by atoms with Crippen molar-refractivity contribution < 1.29 is 23.0 Å². The summed E-state index contributed by atoms with van der Waals surface area (Å²) in [6.45, 7) is 4.33. The van der Waals surface area contributed by atoms with Gasteiger partial charge < -0.3 is 15.2 Å². The highest BCUT2D eigenvalue weighted by atomic mass is 19.4. The van der Waals surface area contributed by atoms with E-state index >= 15 is 0 Å². The number of alkyl halides is 3. The minimum atomic E-state index is -4.67. The molecule has 0 heterocycles. The zero-order chi connectivity index (χ0) is 15.2. The van der Waals surface area contributed by atoms with Gasteiger partial charge in [-0.3, -0.25) is 0 Å². The quantitative estimate of drug-likeness (QED) is 0.809. The molecule has 0 bridgehead atoms. The first kappa shape index (κ1) is 16.8. The lowest BCUT2D eigenvalue weighted by molar-refractivity contribution is -0.274. The van der Waals surface area contributed by atoms with E-state index in [-0.39, 0.29) is 11.8 Å². The van der Waals surface area contributed by atoms with Crippen LogP contribution in [0.4, 0.5) is 13.2 Å². The van der Waals surface area contributed by atoms with Gasteiger partial charge >= 0.3 is 6.36 Å². The highest BCUT2D eigenvalue weighted by Gasteiger charge is 2.30. The molecule has 0 saturated carbocycles. The van der Waals surface area contributed by atoms with Crippen molar-refractivity contribution in [2.75, 3.05) is 6.54 Å². The molecular formula is C14H20F3NO2. The first-order valence-corrected chi connectivity index (χ1v) is 6.59. The highest BCUT2D eigenvalue weighted by Crippen LogP contribution is 2.24. The second kappa shape index (κ2) is 7.50. The van der Waals surface area contributed by atoms with Crippen molar-refractivity contribution >= 4 is 0 Å². The van der Waals surface area contributed by atoms with E-state index in [0.29, 0.717) is 6.54 Å². The Kier molecular flexibility index (Phi) is 6.29. The van der Waals surface area contributed by atoms with Crippen LogP contribution in [-0.2, 0) is 0 Å². The number of hydrogen-bond acceptors (Lipinski definition) is 3. The average Bonchev–Trinajstić information content (AvgIpc) is 2.35. The normalized spacial score (nSPS) is 14.9. The Balaban J connectivity index is 2.51. The van der Waals surface area contributed by atoms with Crippen LogP contribution in [0.5, 0.6) is 5.75 Å². The number of aliphatic hydroxyl groups is 1. The second-order valence-corrected chi connectivity index (χ2v) is 4.69. The lowest BCUT2D eigenvalue weighted by atomic mass is 10.1. The molecule has 0 aliphatic carbocycles. The van der Waals surface area contributed by atoms with Gasteiger partial charge in [0.25, 0.3) is 0 Å². The molecule has 114 valence electrons. The van der Waals surface area contributed by atoms with E-state index in [2.05, 4.69) is 10.1 Å². The third-order valence-corrected chi connectivity index (χ3v) is 2.90. The number of rotatable bonds is 7. The number of aliphatic hydroxyl groups excluding tert-OH is 1. The van der Waals surface area contributed by atoms with Crippen LogP contribution >= 0.6 is 0 Å². The molecule has 0 spiro atoms. The number of halogens is 3. The highest BCUT2D eigenvalue weighted by molar-refractivity contribution is 5.29. The molecule has 1 rings (SSSR count). The number of hydrogen-bond donors (Lipinski definition) is 2. The minimum Gasteiger partial charge on any atom is -0.406 e. The molecule has 0 aliphatic rings. The Labute approximate surface area is 116 Å². The minimum absolute atomic E-state index is 0.0542. The standard InChI is InChI=1S/C14H20F3NO2/c1-3-4-12(19)9-18-10(2)11-5-7-13(8-6-11)20-14(15,16)17/h5-8,10,12,18-19H,3-4,9H2,1-2H3. The van der Waals surface area contributed by atoms with Gasteiger partial charge in [0.1, 0.15) is 5.75 Å².